The van der Waals surface area contributed by atoms with Crippen LogP contribution in [0.3, 0.4) is 0 Å². The summed E-state index contributed by atoms with van der Waals surface area (Å²) < 4.78 is 18.6. The highest BCUT2D eigenvalue weighted by molar-refractivity contribution is 9.10. The van der Waals surface area contributed by atoms with Gasteiger partial charge in [0.1, 0.15) is 11.5 Å². The van der Waals surface area contributed by atoms with Crippen LogP contribution in [0.5, 0.6) is 0 Å². The number of rotatable bonds is 2. The third kappa shape index (κ3) is 4.01. The Morgan fingerprint density at radius 1 is 1.32 bits per heavy atom. The normalized spacial score (nSPS) is 23.7. The van der Waals surface area contributed by atoms with E-state index in [2.05, 4.69) is 21.1 Å². The Balaban J connectivity index is 2.10. The van der Waals surface area contributed by atoms with Crippen LogP contribution < -0.4 is 0 Å². The lowest BCUT2D eigenvalue weighted by atomic mass is 10.0. The van der Waals surface area contributed by atoms with Crippen LogP contribution in [-0.2, 0) is 9.57 Å². The molecule has 1 heterocycles. The van der Waals surface area contributed by atoms with Gasteiger partial charge in [-0.25, -0.2) is 4.39 Å². The molecule has 0 amide bonds. The van der Waals surface area contributed by atoms with Gasteiger partial charge in [-0.3, -0.25) is 0 Å². The van der Waals surface area contributed by atoms with Gasteiger partial charge < -0.3 is 9.57 Å². The van der Waals surface area contributed by atoms with Gasteiger partial charge in [-0.1, -0.05) is 33.2 Å². The third-order valence-corrected chi connectivity index (χ3v) is 3.40. The molecule has 0 aromatic heterocycles. The van der Waals surface area contributed by atoms with Crippen molar-refractivity contribution in [1.29, 1.82) is 0 Å². The first-order valence-electron chi connectivity index (χ1n) is 6.17. The smallest absolute Gasteiger partial charge is 0.228 e. The van der Waals surface area contributed by atoms with Crippen molar-refractivity contribution in [3.8, 4) is 0 Å². The fourth-order valence-corrected chi connectivity index (χ4v) is 2.47. The van der Waals surface area contributed by atoms with Crippen molar-refractivity contribution in [1.82, 2.24) is 0 Å². The molecule has 0 spiro atoms. The maximum atomic E-state index is 12.9. The highest BCUT2D eigenvalue weighted by Gasteiger charge is 2.30. The lowest BCUT2D eigenvalue weighted by Crippen LogP contribution is -2.35. The van der Waals surface area contributed by atoms with E-state index in [9.17, 15) is 4.39 Å². The van der Waals surface area contributed by atoms with Crippen molar-refractivity contribution in [2.45, 2.75) is 43.9 Å². The van der Waals surface area contributed by atoms with Crippen molar-refractivity contribution < 1.29 is 14.0 Å². The highest BCUT2D eigenvalue weighted by Crippen LogP contribution is 2.26. The van der Waals surface area contributed by atoms with E-state index in [1.165, 1.54) is 12.1 Å². The first-order valence-corrected chi connectivity index (χ1v) is 7.08. The predicted octanol–water partition coefficient (Wildman–Crippen LogP) is 3.85. The van der Waals surface area contributed by atoms with Gasteiger partial charge in [0.05, 0.1) is 10.4 Å². The lowest BCUT2D eigenvalue weighted by Gasteiger charge is -2.30. The maximum Gasteiger partial charge on any atom is 0.228 e. The van der Waals surface area contributed by atoms with Crippen LogP contribution >= 0.6 is 15.9 Å². The van der Waals surface area contributed by atoms with Gasteiger partial charge >= 0.3 is 0 Å². The monoisotopic (exact) mass is 329 g/mol. The number of nitrogens with zero attached hydrogens (tertiary/aromatic N) is 1. The zero-order valence-electron chi connectivity index (χ0n) is 11.2. The summed E-state index contributed by atoms with van der Waals surface area (Å²) in [5, 5.41) is 4.10. The number of hydrogen-bond acceptors (Lipinski definition) is 3. The molecular formula is C14H17BrFNO2. The summed E-state index contributed by atoms with van der Waals surface area (Å²) in [5.74, 6) is -0.263. The Hall–Kier alpha value is -0.940. The Kier molecular flexibility index (Phi) is 4.26. The van der Waals surface area contributed by atoms with E-state index in [0.717, 1.165) is 11.3 Å². The molecule has 0 unspecified atom stereocenters. The summed E-state index contributed by atoms with van der Waals surface area (Å²) in [4.78, 5) is 5.39. The van der Waals surface area contributed by atoms with E-state index >= 15 is 0 Å². The average molecular weight is 330 g/mol. The molecule has 0 fully saturated rings. The van der Waals surface area contributed by atoms with Crippen LogP contribution in [0.2, 0.25) is 0 Å². The first kappa shape index (κ1) is 14.5. The van der Waals surface area contributed by atoms with Gasteiger partial charge in [0, 0.05) is 12.0 Å². The fraction of sp³-hybridized carbons (Fsp3) is 0.500. The summed E-state index contributed by atoms with van der Waals surface area (Å²) in [6.07, 6.45) is 0.293. The molecule has 0 radical (unpaired) electrons. The minimum absolute atomic E-state index is 0.0269. The van der Waals surface area contributed by atoms with E-state index in [4.69, 9.17) is 9.57 Å². The Morgan fingerprint density at radius 2 is 1.95 bits per heavy atom. The average Bonchev–Trinajstić information content (AvgIpc) is 2.29. The molecule has 0 N–H and O–H groups in total. The number of alkyl halides is 1. The molecule has 1 aromatic carbocycles. The molecular weight excluding hydrogens is 313 g/mol. The van der Waals surface area contributed by atoms with Crippen LogP contribution in [0, 0.1) is 5.82 Å². The number of benzene rings is 1. The van der Waals surface area contributed by atoms with Crippen LogP contribution in [0.1, 0.15) is 32.8 Å². The molecule has 0 bridgehead atoms. The van der Waals surface area contributed by atoms with E-state index in [-0.39, 0.29) is 22.5 Å². The van der Waals surface area contributed by atoms with Gasteiger partial charge in [-0.15, -0.1) is 0 Å². The second-order valence-electron chi connectivity index (χ2n) is 5.45. The quantitative estimate of drug-likeness (QED) is 0.771. The molecule has 0 aliphatic carbocycles. The standard InChI is InChI=1S/C14H17BrFNO2/c1-14(2,3)18-12-8-11(15)13(17-19-12)9-4-6-10(16)7-5-9/h4-7,11-12H,8H2,1-3H3/t11-,12-/m0/s1. The molecule has 1 aliphatic rings. The number of ether oxygens (including phenoxy) is 1. The molecule has 5 heteroatoms. The second kappa shape index (κ2) is 5.59. The second-order valence-corrected chi connectivity index (χ2v) is 6.56. The minimum Gasteiger partial charge on any atom is -0.363 e. The van der Waals surface area contributed by atoms with E-state index < -0.39 is 0 Å². The first-order chi connectivity index (χ1) is 8.85. The van der Waals surface area contributed by atoms with Crippen LogP contribution in [0.25, 0.3) is 0 Å². The molecule has 2 atom stereocenters. The van der Waals surface area contributed by atoms with Gasteiger partial charge in [0.15, 0.2) is 0 Å². The zero-order chi connectivity index (χ0) is 14.0. The van der Waals surface area contributed by atoms with E-state index in [0.29, 0.717) is 6.42 Å². The molecule has 0 saturated heterocycles. The minimum atomic E-state index is -0.367. The van der Waals surface area contributed by atoms with Crippen molar-refractivity contribution >= 4 is 21.6 Å². The summed E-state index contributed by atoms with van der Waals surface area (Å²) in [7, 11) is 0. The molecule has 3 nitrogen and oxygen atoms in total. The van der Waals surface area contributed by atoms with Gasteiger partial charge in [-0.2, -0.15) is 0 Å². The summed E-state index contributed by atoms with van der Waals surface area (Å²) in [6, 6.07) is 6.21. The largest absolute Gasteiger partial charge is 0.363 e. The van der Waals surface area contributed by atoms with E-state index in [1.54, 1.807) is 12.1 Å². The van der Waals surface area contributed by atoms with Crippen molar-refractivity contribution in [3.05, 3.63) is 35.6 Å². The maximum absolute atomic E-state index is 12.9. The molecule has 104 valence electrons. The number of halogens is 2. The molecule has 1 aromatic rings. The Morgan fingerprint density at radius 3 is 2.47 bits per heavy atom. The highest BCUT2D eigenvalue weighted by atomic mass is 79.9. The number of oxime groups is 1. The molecule has 2 rings (SSSR count). The third-order valence-electron chi connectivity index (χ3n) is 2.59. The topological polar surface area (TPSA) is 30.8 Å². The predicted molar refractivity (Wildman–Crippen MR) is 76.0 cm³/mol. The van der Waals surface area contributed by atoms with E-state index in [1.807, 2.05) is 20.8 Å². The Labute approximate surface area is 120 Å². The fourth-order valence-electron chi connectivity index (χ4n) is 1.81. The number of hydrogen-bond donors (Lipinski definition) is 0. The molecule has 1 aliphatic heterocycles. The van der Waals surface area contributed by atoms with Crippen LogP contribution in [-0.4, -0.2) is 22.4 Å². The summed E-state index contributed by atoms with van der Waals surface area (Å²) in [5.41, 5.74) is 1.33. The van der Waals surface area contributed by atoms with Crippen molar-refractivity contribution in [2.75, 3.05) is 0 Å². The van der Waals surface area contributed by atoms with Crippen LogP contribution in [0.15, 0.2) is 29.4 Å². The lowest BCUT2D eigenvalue weighted by molar-refractivity contribution is -0.200. The SMILES string of the molecule is CC(C)(C)O[C@@H]1C[C@H](Br)C(c2ccc(F)cc2)=NO1. The molecule has 19 heavy (non-hydrogen) atoms. The van der Waals surface area contributed by atoms with Crippen LogP contribution in [0.4, 0.5) is 4.39 Å². The van der Waals surface area contributed by atoms with Gasteiger partial charge in [-0.05, 0) is 32.9 Å². The van der Waals surface area contributed by atoms with Gasteiger partial charge in [0.2, 0.25) is 6.29 Å². The van der Waals surface area contributed by atoms with Crippen molar-refractivity contribution in [2.24, 2.45) is 5.16 Å². The Bertz CT molecular complexity index is 467. The van der Waals surface area contributed by atoms with Crippen molar-refractivity contribution in [3.63, 3.8) is 0 Å². The zero-order valence-corrected chi connectivity index (χ0v) is 12.8. The summed E-state index contributed by atoms with van der Waals surface area (Å²) >= 11 is 3.57. The van der Waals surface area contributed by atoms with Gasteiger partial charge in [0.25, 0.3) is 0 Å². The molecule has 0 saturated carbocycles. The summed E-state index contributed by atoms with van der Waals surface area (Å²) in [6.45, 7) is 5.91.